The third-order valence-corrected chi connectivity index (χ3v) is 9.77. The number of anilines is 1. The molecule has 3 fully saturated rings. The molecule has 2 saturated heterocycles. The number of nitrogen functional groups attached to an aromatic ring is 1. The highest BCUT2D eigenvalue weighted by Gasteiger charge is 2.53. The maximum Gasteiger partial charge on any atom is 0.472 e. The van der Waals surface area contributed by atoms with Crippen LogP contribution in [0.4, 0.5) is 5.82 Å². The second kappa shape index (κ2) is 10.7. The zero-order valence-electron chi connectivity index (χ0n) is 22.2. The molecule has 0 aromatic carbocycles. The quantitative estimate of drug-likeness (QED) is 0.137. The highest BCUT2D eigenvalue weighted by Crippen LogP contribution is 2.55. The van der Waals surface area contributed by atoms with Crippen LogP contribution in [0, 0.1) is 5.92 Å². The monoisotopic (exact) mass is 657 g/mol. The standard InChI is InChI=1S/C21H25N9O12P2/c22-17-11-18(24-4-23-17)30(7-27-11)21-14(32)16-10(40-21)3-39-44(36,37)41-15-9(1-8(13(15)31)2-38-43(34,35)42-16)29-6-28-12-19(29)25-5-26-20(12)33/h4-10,13-16,21,31-32H,1-3H2,(H,34,35)(H,36,37)(H2,22,23,24)(H,25,26,33)/t8-,9-,10-,13?,14+,15-,16?,21-/m1/s1. The molecule has 0 radical (unpaired) electrons. The summed E-state index contributed by atoms with van der Waals surface area (Å²) < 4.78 is 56.0. The van der Waals surface area contributed by atoms with E-state index in [4.69, 9.17) is 28.6 Å². The summed E-state index contributed by atoms with van der Waals surface area (Å²) in [6.07, 6.45) is -4.21. The molecule has 44 heavy (non-hydrogen) atoms. The smallest absolute Gasteiger partial charge is 0.390 e. The van der Waals surface area contributed by atoms with Crippen molar-refractivity contribution in [1.29, 1.82) is 0 Å². The highest BCUT2D eigenvalue weighted by molar-refractivity contribution is 7.47. The van der Waals surface area contributed by atoms with Gasteiger partial charge in [0.25, 0.3) is 5.56 Å². The van der Waals surface area contributed by atoms with E-state index in [1.54, 1.807) is 0 Å². The lowest BCUT2D eigenvalue weighted by Gasteiger charge is -2.26. The van der Waals surface area contributed by atoms with Crippen molar-refractivity contribution in [3.63, 3.8) is 0 Å². The minimum atomic E-state index is -5.00. The number of H-pyrrole nitrogens is 1. The third-order valence-electron chi connectivity index (χ3n) is 7.80. The number of hydrogen-bond donors (Lipinski definition) is 6. The fraction of sp³-hybridized carbons (Fsp3) is 0.524. The van der Waals surface area contributed by atoms with Crippen LogP contribution in [0.1, 0.15) is 18.7 Å². The Kier molecular flexibility index (Phi) is 7.18. The second-order valence-corrected chi connectivity index (χ2v) is 13.2. The van der Waals surface area contributed by atoms with Crippen molar-refractivity contribution in [2.45, 2.75) is 49.2 Å². The average molecular weight is 657 g/mol. The van der Waals surface area contributed by atoms with E-state index in [0.717, 1.165) is 12.7 Å². The number of aliphatic hydroxyl groups excluding tert-OH is 2. The molecule has 2 bridgehead atoms. The molecule has 23 heteroatoms. The Morgan fingerprint density at radius 2 is 1.57 bits per heavy atom. The van der Waals surface area contributed by atoms with E-state index in [2.05, 4.69) is 29.9 Å². The van der Waals surface area contributed by atoms with Gasteiger partial charge in [-0.05, 0) is 6.42 Å². The van der Waals surface area contributed by atoms with Crippen molar-refractivity contribution in [1.82, 2.24) is 39.0 Å². The fourth-order valence-electron chi connectivity index (χ4n) is 5.75. The van der Waals surface area contributed by atoms with Crippen molar-refractivity contribution in [2.75, 3.05) is 18.9 Å². The fourth-order valence-corrected chi connectivity index (χ4v) is 7.73. The van der Waals surface area contributed by atoms with Gasteiger partial charge in [0, 0.05) is 5.92 Å². The maximum absolute atomic E-state index is 13.2. The molecule has 4 unspecified atom stereocenters. The number of nitrogens with two attached hydrogens (primary N) is 1. The van der Waals surface area contributed by atoms with Crippen LogP contribution in [0.15, 0.2) is 30.1 Å². The maximum atomic E-state index is 13.2. The van der Waals surface area contributed by atoms with Gasteiger partial charge < -0.3 is 40.0 Å². The number of rotatable bonds is 2. The largest absolute Gasteiger partial charge is 0.472 e. The van der Waals surface area contributed by atoms with Crippen LogP contribution in [0.5, 0.6) is 0 Å². The van der Waals surface area contributed by atoms with Crippen LogP contribution in [0.25, 0.3) is 22.3 Å². The summed E-state index contributed by atoms with van der Waals surface area (Å²) in [7, 11) is -9.96. The first-order valence-corrected chi connectivity index (χ1v) is 16.1. The van der Waals surface area contributed by atoms with Crippen LogP contribution >= 0.6 is 15.6 Å². The van der Waals surface area contributed by atoms with Crippen molar-refractivity contribution in [2.24, 2.45) is 5.92 Å². The van der Waals surface area contributed by atoms with Gasteiger partial charge in [-0.3, -0.25) is 27.5 Å². The summed E-state index contributed by atoms with van der Waals surface area (Å²) in [4.78, 5) is 56.1. The van der Waals surface area contributed by atoms with Gasteiger partial charge in [-0.1, -0.05) is 0 Å². The van der Waals surface area contributed by atoms with E-state index < -0.39 is 83.1 Å². The van der Waals surface area contributed by atoms with Crippen LogP contribution in [0.3, 0.4) is 0 Å². The number of phosphoric ester groups is 2. The third kappa shape index (κ3) is 5.05. The summed E-state index contributed by atoms with van der Waals surface area (Å²) in [5.74, 6) is -0.888. The van der Waals surface area contributed by atoms with Gasteiger partial charge in [-0.2, -0.15) is 0 Å². The van der Waals surface area contributed by atoms with Gasteiger partial charge in [0.2, 0.25) is 0 Å². The molecule has 3 aliphatic rings. The molecule has 1 aliphatic carbocycles. The topological polar surface area (TPSA) is 294 Å². The zero-order chi connectivity index (χ0) is 31.0. The van der Waals surface area contributed by atoms with E-state index in [0.29, 0.717) is 0 Å². The Balaban J connectivity index is 1.20. The second-order valence-electron chi connectivity index (χ2n) is 10.4. The molecule has 7 rings (SSSR count). The molecular weight excluding hydrogens is 632 g/mol. The number of nitrogens with one attached hydrogen (secondary N) is 1. The minimum Gasteiger partial charge on any atom is -0.390 e. The Morgan fingerprint density at radius 3 is 2.36 bits per heavy atom. The van der Waals surface area contributed by atoms with Gasteiger partial charge in [-0.25, -0.2) is 34.0 Å². The first-order valence-electron chi connectivity index (χ1n) is 13.1. The number of hydrogen-bond acceptors (Lipinski definition) is 16. The first-order chi connectivity index (χ1) is 20.9. The van der Waals surface area contributed by atoms with Gasteiger partial charge in [0.05, 0.1) is 44.3 Å². The summed E-state index contributed by atoms with van der Waals surface area (Å²) in [6.45, 7) is -1.35. The number of aromatic nitrogens is 8. The highest BCUT2D eigenvalue weighted by atomic mass is 31.2. The minimum absolute atomic E-state index is 0.0235. The van der Waals surface area contributed by atoms with Gasteiger partial charge in [0.1, 0.15) is 36.3 Å². The number of imidazole rings is 2. The number of aliphatic hydroxyl groups is 2. The molecule has 236 valence electrons. The van der Waals surface area contributed by atoms with Crippen molar-refractivity contribution >= 4 is 43.8 Å². The van der Waals surface area contributed by atoms with Crippen molar-refractivity contribution in [3.05, 3.63) is 35.7 Å². The summed E-state index contributed by atoms with van der Waals surface area (Å²) >= 11 is 0. The van der Waals surface area contributed by atoms with Crippen LogP contribution in [0.2, 0.25) is 0 Å². The van der Waals surface area contributed by atoms with E-state index in [-0.39, 0.29) is 34.6 Å². The Labute approximate surface area is 244 Å². The number of aromatic amines is 1. The number of phosphoric acid groups is 2. The molecule has 2 aliphatic heterocycles. The molecule has 6 heterocycles. The lowest BCUT2D eigenvalue weighted by molar-refractivity contribution is -0.0552. The molecule has 4 aromatic heterocycles. The summed E-state index contributed by atoms with van der Waals surface area (Å²) in [6, 6.07) is -0.936. The summed E-state index contributed by atoms with van der Waals surface area (Å²) in [5, 5.41) is 22.2. The zero-order valence-corrected chi connectivity index (χ0v) is 24.0. The first kappa shape index (κ1) is 29.5. The van der Waals surface area contributed by atoms with E-state index in [1.165, 1.54) is 21.8 Å². The number of nitrogens with zero attached hydrogens (tertiary/aromatic N) is 7. The van der Waals surface area contributed by atoms with E-state index >= 15 is 0 Å². The number of ether oxygens (including phenoxy) is 1. The molecule has 1 saturated carbocycles. The van der Waals surface area contributed by atoms with Gasteiger partial charge in [-0.15, -0.1) is 0 Å². The molecule has 4 aromatic rings. The lowest BCUT2D eigenvalue weighted by Crippen LogP contribution is -2.36. The molecule has 7 N–H and O–H groups in total. The van der Waals surface area contributed by atoms with Crippen LogP contribution < -0.4 is 11.3 Å². The summed E-state index contributed by atoms with van der Waals surface area (Å²) in [5.41, 5.74) is 5.74. The Morgan fingerprint density at radius 1 is 0.886 bits per heavy atom. The van der Waals surface area contributed by atoms with E-state index in [9.17, 15) is 33.9 Å². The average Bonchev–Trinajstić information content (AvgIpc) is 3.73. The number of fused-ring (bicyclic) bond motifs is 5. The molecule has 0 amide bonds. The molecule has 10 atom stereocenters. The van der Waals surface area contributed by atoms with Gasteiger partial charge >= 0.3 is 15.6 Å². The van der Waals surface area contributed by atoms with E-state index in [1.807, 2.05) is 0 Å². The predicted molar refractivity (Wildman–Crippen MR) is 142 cm³/mol. The Bertz CT molecular complexity index is 1880. The van der Waals surface area contributed by atoms with Crippen LogP contribution in [-0.4, -0.2) is 103 Å². The van der Waals surface area contributed by atoms with Crippen LogP contribution in [-0.2, 0) is 32.0 Å². The van der Waals surface area contributed by atoms with Gasteiger partial charge in [0.15, 0.2) is 28.9 Å². The van der Waals surface area contributed by atoms with Crippen molar-refractivity contribution in [3.8, 4) is 0 Å². The predicted octanol–water partition coefficient (Wildman–Crippen LogP) is -1.26. The normalized spacial score (nSPS) is 38.3. The SMILES string of the molecule is Nc1ncnc2c1ncn2[C@@H]1O[C@@H]2COP(=O)(O)O[C@H]3C(O)[C@@H](COP(=O)(O)OC2[C@@H]1O)C[C@H]3n1cnc2c(=O)[nH]cnc21. The molecule has 0 spiro atoms. The van der Waals surface area contributed by atoms with Crippen molar-refractivity contribution < 1.29 is 52.0 Å². The lowest BCUT2D eigenvalue weighted by atomic mass is 10.1. The molecule has 21 nitrogen and oxygen atoms in total. The Hall–Kier alpha value is -3.20. The molecular formula is C21H25N9O12P2.